The van der Waals surface area contributed by atoms with Gasteiger partial charge in [0.25, 0.3) is 5.56 Å². The van der Waals surface area contributed by atoms with E-state index >= 15 is 0 Å². The summed E-state index contributed by atoms with van der Waals surface area (Å²) in [4.78, 5) is 29.8. The van der Waals surface area contributed by atoms with Crippen molar-refractivity contribution < 1.29 is 4.79 Å². The second-order valence-corrected chi connectivity index (χ2v) is 8.26. The van der Waals surface area contributed by atoms with E-state index in [1.54, 1.807) is 4.57 Å². The molecule has 1 fully saturated rings. The second-order valence-electron chi connectivity index (χ2n) is 7.32. The van der Waals surface area contributed by atoms with Gasteiger partial charge in [0.15, 0.2) is 5.16 Å². The smallest absolute Gasteiger partial charge is 0.262 e. The summed E-state index contributed by atoms with van der Waals surface area (Å²) in [5.41, 5.74) is 0.694. The Bertz CT molecular complexity index is 830. The molecule has 0 radical (unpaired) electrons. The quantitative estimate of drug-likeness (QED) is 0.380. The molecule has 2 aromatic rings. The monoisotopic (exact) mass is 387 g/mol. The highest BCUT2D eigenvalue weighted by Crippen LogP contribution is 2.25. The Morgan fingerprint density at radius 1 is 1.26 bits per heavy atom. The first-order valence-electron chi connectivity index (χ1n) is 10.1. The lowest BCUT2D eigenvalue weighted by Crippen LogP contribution is -2.33. The number of rotatable bonds is 10. The van der Waals surface area contributed by atoms with Gasteiger partial charge >= 0.3 is 0 Å². The zero-order chi connectivity index (χ0) is 19.1. The third kappa shape index (κ3) is 5.34. The number of aromatic nitrogens is 2. The summed E-state index contributed by atoms with van der Waals surface area (Å²) in [6.45, 7) is 3.60. The number of nitrogens with one attached hydrogen (secondary N) is 1. The van der Waals surface area contributed by atoms with Crippen LogP contribution in [0.25, 0.3) is 10.9 Å². The second kappa shape index (κ2) is 9.93. The normalized spacial score (nSPS) is 14.3. The zero-order valence-electron chi connectivity index (χ0n) is 16.1. The van der Waals surface area contributed by atoms with Gasteiger partial charge in [0.2, 0.25) is 5.91 Å². The molecule has 5 nitrogen and oxygen atoms in total. The number of nitrogens with zero attached hydrogens (tertiary/aromatic N) is 2. The van der Waals surface area contributed by atoms with Crippen molar-refractivity contribution in [3.05, 3.63) is 34.6 Å². The first kappa shape index (κ1) is 19.9. The van der Waals surface area contributed by atoms with Crippen molar-refractivity contribution >= 4 is 28.6 Å². The Labute approximate surface area is 164 Å². The average molecular weight is 388 g/mol. The Morgan fingerprint density at radius 3 is 2.81 bits per heavy atom. The van der Waals surface area contributed by atoms with E-state index in [0.717, 1.165) is 25.8 Å². The van der Waals surface area contributed by atoms with Gasteiger partial charge in [-0.05, 0) is 37.3 Å². The van der Waals surface area contributed by atoms with Crippen molar-refractivity contribution in [1.82, 2.24) is 14.9 Å². The maximum absolute atomic E-state index is 12.9. The van der Waals surface area contributed by atoms with E-state index in [1.807, 2.05) is 24.3 Å². The molecule has 146 valence electrons. The van der Waals surface area contributed by atoms with E-state index in [-0.39, 0.29) is 11.5 Å². The van der Waals surface area contributed by atoms with Crippen LogP contribution in [0.4, 0.5) is 0 Å². The highest BCUT2D eigenvalue weighted by molar-refractivity contribution is 7.99. The van der Waals surface area contributed by atoms with Gasteiger partial charge in [-0.1, -0.05) is 56.5 Å². The molecular weight excluding hydrogens is 358 g/mol. The molecular formula is C21H29N3O2S. The van der Waals surface area contributed by atoms with E-state index in [1.165, 1.54) is 37.4 Å². The molecule has 1 aliphatic rings. The van der Waals surface area contributed by atoms with Crippen LogP contribution in [-0.2, 0) is 11.3 Å². The summed E-state index contributed by atoms with van der Waals surface area (Å²) in [5.74, 6) is 0.966. The van der Waals surface area contributed by atoms with Crippen LogP contribution in [0.3, 0.4) is 0 Å². The van der Waals surface area contributed by atoms with Crippen LogP contribution in [0.15, 0.2) is 34.2 Å². The van der Waals surface area contributed by atoms with E-state index in [4.69, 9.17) is 0 Å². The molecule has 0 spiro atoms. The third-order valence-electron chi connectivity index (χ3n) is 5.21. The van der Waals surface area contributed by atoms with Gasteiger partial charge in [0, 0.05) is 13.1 Å². The van der Waals surface area contributed by atoms with Gasteiger partial charge in [0.1, 0.15) is 0 Å². The minimum absolute atomic E-state index is 0.00512. The Balaban J connectivity index is 1.70. The predicted octanol–water partition coefficient (Wildman–Crippen LogP) is 3.99. The van der Waals surface area contributed by atoms with E-state index in [2.05, 4.69) is 17.2 Å². The number of para-hydroxylation sites is 1. The molecule has 0 atom stereocenters. The maximum atomic E-state index is 12.9. The molecule has 6 heteroatoms. The van der Waals surface area contributed by atoms with Crippen LogP contribution in [0.5, 0.6) is 0 Å². The molecule has 1 saturated carbocycles. The van der Waals surface area contributed by atoms with Gasteiger partial charge in [0.05, 0.1) is 16.7 Å². The van der Waals surface area contributed by atoms with Crippen LogP contribution in [-0.4, -0.2) is 27.8 Å². The number of unbranched alkanes of at least 4 members (excludes halogenated alkanes) is 3. The number of hydrogen-bond acceptors (Lipinski definition) is 4. The highest BCUT2D eigenvalue weighted by atomic mass is 32.2. The lowest BCUT2D eigenvalue weighted by Gasteiger charge is -2.25. The Hall–Kier alpha value is -1.82. The number of benzene rings is 1. The van der Waals surface area contributed by atoms with Crippen LogP contribution < -0.4 is 10.9 Å². The van der Waals surface area contributed by atoms with Gasteiger partial charge in [-0.25, -0.2) is 4.98 Å². The summed E-state index contributed by atoms with van der Waals surface area (Å²) >= 11 is 1.37. The molecule has 0 bridgehead atoms. The summed E-state index contributed by atoms with van der Waals surface area (Å²) in [6, 6.07) is 7.44. The molecule has 3 rings (SSSR count). The van der Waals surface area contributed by atoms with Gasteiger partial charge in [-0.3, -0.25) is 14.2 Å². The largest absolute Gasteiger partial charge is 0.355 e. The third-order valence-corrected chi connectivity index (χ3v) is 6.18. The average Bonchev–Trinajstić information content (AvgIpc) is 2.64. The number of carbonyl (C=O) groups excluding carboxylic acids is 1. The van der Waals surface area contributed by atoms with Crippen molar-refractivity contribution in [2.45, 2.75) is 63.6 Å². The Kier molecular flexibility index (Phi) is 7.33. The fraction of sp³-hybridized carbons (Fsp3) is 0.571. The number of thioether (sulfide) groups is 1. The fourth-order valence-corrected chi connectivity index (χ4v) is 4.14. The topological polar surface area (TPSA) is 64.0 Å². The van der Waals surface area contributed by atoms with Gasteiger partial charge in [-0.2, -0.15) is 0 Å². The van der Waals surface area contributed by atoms with Crippen molar-refractivity contribution in [3.8, 4) is 0 Å². The van der Waals surface area contributed by atoms with Crippen molar-refractivity contribution in [2.24, 2.45) is 5.92 Å². The molecule has 1 amide bonds. The lowest BCUT2D eigenvalue weighted by molar-refractivity contribution is -0.118. The molecule has 27 heavy (non-hydrogen) atoms. The minimum atomic E-state index is -0.00512. The number of carbonyl (C=O) groups is 1. The number of hydrogen-bond donors (Lipinski definition) is 1. The summed E-state index contributed by atoms with van der Waals surface area (Å²) in [6.07, 6.45) is 8.10. The standard InChI is InChI=1S/C21H29N3O2S/c1-2-3-4-7-13-24-20(26)17-11-5-6-12-18(17)23-21(24)27-15-19(25)22-14-16-9-8-10-16/h5-6,11-12,16H,2-4,7-10,13-15H2,1H3,(H,22,25). The maximum Gasteiger partial charge on any atom is 0.262 e. The molecule has 1 aliphatic carbocycles. The summed E-state index contributed by atoms with van der Waals surface area (Å²) in [7, 11) is 0. The van der Waals surface area contributed by atoms with Crippen molar-refractivity contribution in [1.29, 1.82) is 0 Å². The molecule has 0 saturated heterocycles. The number of fused-ring (bicyclic) bond motifs is 1. The fourth-order valence-electron chi connectivity index (χ4n) is 3.29. The van der Waals surface area contributed by atoms with Gasteiger partial charge < -0.3 is 5.32 Å². The molecule has 1 heterocycles. The number of amides is 1. The first-order valence-corrected chi connectivity index (χ1v) is 11.1. The summed E-state index contributed by atoms with van der Waals surface area (Å²) in [5, 5.41) is 4.30. The van der Waals surface area contributed by atoms with Crippen molar-refractivity contribution in [2.75, 3.05) is 12.3 Å². The Morgan fingerprint density at radius 2 is 2.07 bits per heavy atom. The SMILES string of the molecule is CCCCCCn1c(SCC(=O)NCC2CCC2)nc2ccccc2c1=O. The first-order chi connectivity index (χ1) is 13.2. The van der Waals surface area contributed by atoms with Gasteiger partial charge in [-0.15, -0.1) is 0 Å². The molecule has 0 unspecified atom stereocenters. The molecule has 1 aromatic heterocycles. The van der Waals surface area contributed by atoms with Crippen LogP contribution in [0, 0.1) is 5.92 Å². The molecule has 1 aromatic carbocycles. The lowest BCUT2D eigenvalue weighted by atomic mass is 9.85. The molecule has 0 aliphatic heterocycles. The summed E-state index contributed by atoms with van der Waals surface area (Å²) < 4.78 is 1.75. The van der Waals surface area contributed by atoms with Crippen LogP contribution in [0.2, 0.25) is 0 Å². The van der Waals surface area contributed by atoms with Crippen LogP contribution in [0.1, 0.15) is 51.9 Å². The van der Waals surface area contributed by atoms with E-state index in [9.17, 15) is 9.59 Å². The molecule has 1 N–H and O–H groups in total. The zero-order valence-corrected chi connectivity index (χ0v) is 16.9. The minimum Gasteiger partial charge on any atom is -0.355 e. The predicted molar refractivity (Wildman–Crippen MR) is 111 cm³/mol. The van der Waals surface area contributed by atoms with E-state index < -0.39 is 0 Å². The van der Waals surface area contributed by atoms with E-state index in [0.29, 0.717) is 34.3 Å². The van der Waals surface area contributed by atoms with Crippen molar-refractivity contribution in [3.63, 3.8) is 0 Å². The highest BCUT2D eigenvalue weighted by Gasteiger charge is 2.18. The van der Waals surface area contributed by atoms with Crippen LogP contribution >= 0.6 is 11.8 Å².